The number of amides is 6. The van der Waals surface area contributed by atoms with Crippen LogP contribution in [0.5, 0.6) is 0 Å². The van der Waals surface area contributed by atoms with Crippen LogP contribution in [0.25, 0.3) is 0 Å². The quantitative estimate of drug-likeness (QED) is 0.0172. The highest BCUT2D eigenvalue weighted by molar-refractivity contribution is 8.00. The average Bonchev–Trinajstić information content (AvgIpc) is 4.04. The number of hydrogen-bond donors (Lipinski definition) is 14. The molecule has 30 nitrogen and oxygen atoms in total. The third-order valence-corrected chi connectivity index (χ3v) is 15.8. The van der Waals surface area contributed by atoms with Crippen LogP contribution in [-0.4, -0.2) is 249 Å². The number of rotatable bonds is 32. The van der Waals surface area contributed by atoms with Crippen molar-refractivity contribution < 1.29 is 117 Å². The van der Waals surface area contributed by atoms with E-state index in [1.54, 1.807) is 0 Å². The molecule has 19 atom stereocenters. The number of carbonyl (C=O) groups excluding carboxylic acids is 7. The SMILES string of the molecule is CC(=O)N[C@H]1[C@H](OCCCCCNC(=O)CCCCCNC(=O)CCCC[C@@H]2SC[C@@H]3NC(=O)N[C@@H]32)O[C@H](CO)[C@@H](O[C@@H]2O[C@H](CO)[C@H](O)[C@H](O[C@]3(C(=O)O)C[C@H](OC(C)=O)[C@@H](NC(C)=O)[C@H]([C@H](O)[C@H](O)COC(C)=O)O3)[C@H]2O)[C@@H]1O. The number of hydrogen-bond acceptors (Lipinski definition) is 24. The van der Waals surface area contributed by atoms with Gasteiger partial charge in [0.15, 0.2) is 12.6 Å². The smallest absolute Gasteiger partial charge is 0.364 e. The Kier molecular flexibility index (Phi) is 26.9. The maximum absolute atomic E-state index is 13.3. The van der Waals surface area contributed by atoms with Crippen molar-refractivity contribution >= 4 is 59.3 Å². The van der Waals surface area contributed by atoms with Crippen molar-refractivity contribution in [1.82, 2.24) is 31.9 Å². The van der Waals surface area contributed by atoms with Crippen LogP contribution in [0.4, 0.5) is 4.79 Å². The number of aliphatic hydroxyl groups excluding tert-OH is 7. The minimum Gasteiger partial charge on any atom is -0.477 e. The van der Waals surface area contributed by atoms with Gasteiger partial charge in [-0.3, -0.25) is 28.8 Å². The first-order valence-electron chi connectivity index (χ1n) is 27.3. The lowest BCUT2D eigenvalue weighted by Crippen LogP contribution is -2.71. The molecule has 5 aliphatic heterocycles. The van der Waals surface area contributed by atoms with Crippen LogP contribution in [-0.2, 0) is 71.5 Å². The number of nitrogens with one attached hydrogen (secondary N) is 6. The van der Waals surface area contributed by atoms with Crippen LogP contribution in [0, 0.1) is 0 Å². The number of thioether (sulfide) groups is 1. The number of carbonyl (C=O) groups is 8. The number of ether oxygens (including phenoxy) is 8. The van der Waals surface area contributed by atoms with Crippen LogP contribution in [0.15, 0.2) is 0 Å². The van der Waals surface area contributed by atoms with Gasteiger partial charge in [-0.05, 0) is 44.9 Å². The topological polar surface area (TPSA) is 444 Å². The summed E-state index contributed by atoms with van der Waals surface area (Å²) < 4.78 is 45.3. The Morgan fingerprint density at radius 2 is 1.36 bits per heavy atom. The maximum atomic E-state index is 13.3. The lowest BCUT2D eigenvalue weighted by Gasteiger charge is -2.51. The number of fused-ring (bicyclic) bond motifs is 1. The molecule has 0 aromatic carbocycles. The van der Waals surface area contributed by atoms with E-state index >= 15 is 0 Å². The van der Waals surface area contributed by atoms with Gasteiger partial charge in [0.05, 0.1) is 37.8 Å². The number of esters is 2. The standard InChI is InChI=1S/C50H82N6O24S/c1-24(59)53-37-30(75-27(4)62)19-50(48(70)71,79-44(37)39(66)29(63)22-74-26(3)61)80-45-40(67)31(20-57)76-47(42(45)69)78-43-32(21-58)77-46(38(41(43)68)54-25(2)60)73-18-12-6-11-17-52-34(64)14-7-5-10-16-51-35(65)15-9-8-13-33-36-28(23-81-33)55-49(72)56-36/h28-33,36-47,57-58,63,66-69H,5-23H2,1-4H3,(H,51,65)(H,52,64)(H,53,59)(H,54,60)(H,70,71)(H2,55,56,72)/t28-,29+,30-,31+,32+,33-,36-,37+,38+,39+,40-,41+,42+,43+,44+,45-,46+,47-,50-/m0/s1. The fraction of sp³-hybridized carbons (Fsp3) is 0.840. The Morgan fingerprint density at radius 1 is 0.741 bits per heavy atom. The molecule has 0 saturated carbocycles. The van der Waals surface area contributed by atoms with Crippen LogP contribution in [0.2, 0.25) is 0 Å². The highest BCUT2D eigenvalue weighted by atomic mass is 32.2. The molecule has 6 amide bonds. The molecule has 5 saturated heterocycles. The second-order valence-electron chi connectivity index (χ2n) is 20.7. The minimum atomic E-state index is -3.14. The second-order valence-corrected chi connectivity index (χ2v) is 22.0. The fourth-order valence-electron chi connectivity index (χ4n) is 10.3. The number of unbranched alkanes of at least 4 members (excludes halogenated alkanes) is 5. The molecule has 81 heavy (non-hydrogen) atoms. The van der Waals surface area contributed by atoms with E-state index < -0.39 is 154 Å². The van der Waals surface area contributed by atoms with E-state index in [0.717, 1.165) is 65.6 Å². The van der Waals surface area contributed by atoms with E-state index in [0.29, 0.717) is 56.9 Å². The van der Waals surface area contributed by atoms with Crippen LogP contribution in [0.1, 0.15) is 105 Å². The number of carboxylic acids is 1. The first-order chi connectivity index (χ1) is 38.5. The molecular formula is C50H82N6O24S. The van der Waals surface area contributed by atoms with E-state index in [4.69, 9.17) is 37.9 Å². The number of urea groups is 1. The predicted octanol–water partition coefficient (Wildman–Crippen LogP) is -4.22. The Bertz CT molecular complexity index is 2100. The first kappa shape index (κ1) is 67.2. The molecule has 5 rings (SSSR count). The molecule has 462 valence electrons. The second kappa shape index (κ2) is 32.4. The highest BCUT2D eigenvalue weighted by Crippen LogP contribution is 2.40. The molecule has 14 N–H and O–H groups in total. The molecular weight excluding hydrogens is 1100 g/mol. The van der Waals surface area contributed by atoms with Crippen molar-refractivity contribution in [2.45, 2.75) is 220 Å². The van der Waals surface area contributed by atoms with Crippen molar-refractivity contribution in [1.29, 1.82) is 0 Å². The molecule has 0 aromatic rings. The molecule has 5 fully saturated rings. The average molecular weight is 1180 g/mol. The van der Waals surface area contributed by atoms with Crippen LogP contribution >= 0.6 is 11.8 Å². The lowest BCUT2D eigenvalue weighted by molar-refractivity contribution is -0.382. The van der Waals surface area contributed by atoms with Gasteiger partial charge in [0.2, 0.25) is 23.6 Å². The summed E-state index contributed by atoms with van der Waals surface area (Å²) in [6.45, 7) is 2.30. The lowest BCUT2D eigenvalue weighted by atomic mass is 9.87. The van der Waals surface area contributed by atoms with E-state index in [2.05, 4.69) is 31.9 Å². The molecule has 0 spiro atoms. The number of aliphatic carboxylic acids is 1. The summed E-state index contributed by atoms with van der Waals surface area (Å²) >= 11 is 1.85. The Hall–Kier alpha value is -4.61. The molecule has 0 radical (unpaired) electrons. The third-order valence-electron chi connectivity index (χ3n) is 14.3. The summed E-state index contributed by atoms with van der Waals surface area (Å²) in [6, 6.07) is -2.77. The van der Waals surface area contributed by atoms with Crippen molar-refractivity contribution in [2.75, 3.05) is 45.3 Å². The molecule has 0 aliphatic carbocycles. The molecule has 0 bridgehead atoms. The fourth-order valence-corrected chi connectivity index (χ4v) is 11.8. The van der Waals surface area contributed by atoms with Gasteiger partial charge in [-0.2, -0.15) is 11.8 Å². The van der Waals surface area contributed by atoms with Gasteiger partial charge < -0.3 is 111 Å². The predicted molar refractivity (Wildman–Crippen MR) is 277 cm³/mol. The summed E-state index contributed by atoms with van der Waals surface area (Å²) in [6.07, 6.45) is -18.7. The van der Waals surface area contributed by atoms with Gasteiger partial charge in [-0.15, -0.1) is 0 Å². The summed E-state index contributed by atoms with van der Waals surface area (Å²) in [4.78, 5) is 98.2. The minimum absolute atomic E-state index is 0.00388. The van der Waals surface area contributed by atoms with Gasteiger partial charge in [0, 0.05) is 71.2 Å². The highest BCUT2D eigenvalue weighted by Gasteiger charge is 2.61. The number of aliphatic hydroxyl groups is 7. The van der Waals surface area contributed by atoms with Crippen LogP contribution in [0.3, 0.4) is 0 Å². The number of carboxylic acid groups (broad SMARTS) is 1. The summed E-state index contributed by atoms with van der Waals surface area (Å²) in [5.41, 5.74) is 0. The molecule has 31 heteroatoms. The zero-order valence-electron chi connectivity index (χ0n) is 45.8. The van der Waals surface area contributed by atoms with Crippen molar-refractivity contribution in [3.05, 3.63) is 0 Å². The van der Waals surface area contributed by atoms with Gasteiger partial charge in [0.25, 0.3) is 5.79 Å². The van der Waals surface area contributed by atoms with Gasteiger partial charge >= 0.3 is 23.9 Å². The molecule has 5 heterocycles. The molecule has 0 unspecified atom stereocenters. The van der Waals surface area contributed by atoms with Gasteiger partial charge in [-0.25, -0.2) is 9.59 Å². The molecule has 0 aromatic heterocycles. The van der Waals surface area contributed by atoms with Crippen molar-refractivity contribution in [3.63, 3.8) is 0 Å². The van der Waals surface area contributed by atoms with E-state index in [9.17, 15) is 79.2 Å². The zero-order valence-corrected chi connectivity index (χ0v) is 46.7. The maximum Gasteiger partial charge on any atom is 0.364 e. The Morgan fingerprint density at radius 3 is 1.96 bits per heavy atom. The normalized spacial score (nSPS) is 33.4. The Labute approximate surface area is 472 Å². The summed E-state index contributed by atoms with van der Waals surface area (Å²) in [5.74, 6) is -7.71. The monoisotopic (exact) mass is 1180 g/mol. The summed E-state index contributed by atoms with van der Waals surface area (Å²) in [7, 11) is 0. The summed E-state index contributed by atoms with van der Waals surface area (Å²) in [5, 5.41) is 105. The Balaban J connectivity index is 1.09. The van der Waals surface area contributed by atoms with Gasteiger partial charge in [0.1, 0.15) is 79.8 Å². The third kappa shape index (κ3) is 19.5. The molecule has 5 aliphatic rings. The first-order valence-corrected chi connectivity index (χ1v) is 28.4. The van der Waals surface area contributed by atoms with E-state index in [1.165, 1.54) is 0 Å². The zero-order chi connectivity index (χ0) is 59.6. The van der Waals surface area contributed by atoms with Crippen molar-refractivity contribution in [2.24, 2.45) is 0 Å². The van der Waals surface area contributed by atoms with Gasteiger partial charge in [-0.1, -0.05) is 12.8 Å². The van der Waals surface area contributed by atoms with Crippen molar-refractivity contribution in [3.8, 4) is 0 Å². The largest absolute Gasteiger partial charge is 0.477 e. The van der Waals surface area contributed by atoms with E-state index in [-0.39, 0.29) is 36.5 Å². The van der Waals surface area contributed by atoms with E-state index in [1.807, 2.05) is 11.8 Å². The van der Waals surface area contributed by atoms with Crippen LogP contribution < -0.4 is 31.9 Å².